The van der Waals surface area contributed by atoms with E-state index in [2.05, 4.69) is 15.5 Å². The highest BCUT2D eigenvalue weighted by atomic mass is 32.2. The van der Waals surface area contributed by atoms with Crippen LogP contribution in [0.25, 0.3) is 0 Å². The first kappa shape index (κ1) is 16.7. The van der Waals surface area contributed by atoms with E-state index in [-0.39, 0.29) is 30.4 Å². The van der Waals surface area contributed by atoms with Gasteiger partial charge in [-0.15, -0.1) is 0 Å². The van der Waals surface area contributed by atoms with Gasteiger partial charge >= 0.3 is 0 Å². The Morgan fingerprint density at radius 3 is 2.79 bits per heavy atom. The molecule has 0 saturated heterocycles. The number of fused-ring (bicyclic) bond motifs is 1. The fourth-order valence-corrected chi connectivity index (χ4v) is 4.35. The summed E-state index contributed by atoms with van der Waals surface area (Å²) < 4.78 is 26.8. The third-order valence-corrected chi connectivity index (χ3v) is 5.89. The highest BCUT2D eigenvalue weighted by Crippen LogP contribution is 2.28. The number of rotatable bonds is 5. The Labute approximate surface area is 141 Å². The molecule has 128 valence electrons. The molecule has 1 aliphatic rings. The number of sulfonamides is 1. The van der Waals surface area contributed by atoms with E-state index < -0.39 is 10.0 Å². The van der Waals surface area contributed by atoms with Gasteiger partial charge in [-0.05, 0) is 25.0 Å². The van der Waals surface area contributed by atoms with Crippen molar-refractivity contribution in [1.29, 1.82) is 0 Å². The fraction of sp³-hybridized carbons (Fsp3) is 0.375. The molecule has 0 aliphatic carbocycles. The Morgan fingerprint density at radius 2 is 2.08 bits per heavy atom. The lowest BCUT2D eigenvalue weighted by Crippen LogP contribution is -2.29. The first-order valence-corrected chi connectivity index (χ1v) is 9.40. The maximum absolute atomic E-state index is 12.7. The molecule has 0 unspecified atom stereocenters. The molecule has 2 aromatic rings. The minimum atomic E-state index is -3.47. The second-order valence-corrected chi connectivity index (χ2v) is 7.81. The minimum Gasteiger partial charge on any atom is -0.351 e. The molecule has 1 aromatic heterocycles. The average Bonchev–Trinajstić information content (AvgIpc) is 3.10. The van der Waals surface area contributed by atoms with Crippen molar-refractivity contribution in [2.45, 2.75) is 32.7 Å². The van der Waals surface area contributed by atoms with Crippen molar-refractivity contribution in [3.63, 3.8) is 0 Å². The Bertz CT molecular complexity index is 873. The minimum absolute atomic E-state index is 0.0478. The zero-order valence-corrected chi connectivity index (χ0v) is 14.5. The van der Waals surface area contributed by atoms with Crippen LogP contribution in [0, 0.1) is 6.92 Å². The molecular weight excluding hydrogens is 328 g/mol. The Kier molecular flexibility index (Phi) is 4.42. The molecule has 0 bridgehead atoms. The second kappa shape index (κ2) is 6.37. The molecule has 1 aliphatic heterocycles. The van der Waals surface area contributed by atoms with Crippen LogP contribution in [-0.2, 0) is 28.9 Å². The van der Waals surface area contributed by atoms with E-state index in [0.29, 0.717) is 17.8 Å². The van der Waals surface area contributed by atoms with Crippen LogP contribution < -0.4 is 5.32 Å². The number of aromatic amines is 1. The number of H-pyrrole nitrogens is 1. The molecule has 0 atom stereocenters. The van der Waals surface area contributed by atoms with Crippen LogP contribution in [0.3, 0.4) is 0 Å². The number of hydrogen-bond donors (Lipinski definition) is 2. The van der Waals surface area contributed by atoms with E-state index in [1.807, 2.05) is 38.1 Å². The predicted octanol–water partition coefficient (Wildman–Crippen LogP) is 1.31. The van der Waals surface area contributed by atoms with Crippen LogP contribution in [0.15, 0.2) is 24.3 Å². The number of aromatic nitrogens is 2. The Morgan fingerprint density at radius 1 is 1.33 bits per heavy atom. The number of nitrogens with one attached hydrogen (secondary N) is 2. The quantitative estimate of drug-likeness (QED) is 0.852. The van der Waals surface area contributed by atoms with Crippen molar-refractivity contribution in [1.82, 2.24) is 19.8 Å². The summed E-state index contributed by atoms with van der Waals surface area (Å²) in [6.45, 7) is 4.61. The molecule has 0 fully saturated rings. The van der Waals surface area contributed by atoms with Gasteiger partial charge < -0.3 is 5.32 Å². The summed E-state index contributed by atoms with van der Waals surface area (Å²) in [4.78, 5) is 12.0. The molecule has 3 rings (SSSR count). The summed E-state index contributed by atoms with van der Waals surface area (Å²) in [5.74, 6) is -0.332. The smallest absolute Gasteiger partial charge is 0.272 e. The van der Waals surface area contributed by atoms with Crippen molar-refractivity contribution in [2.75, 3.05) is 6.54 Å². The largest absolute Gasteiger partial charge is 0.351 e. The first-order chi connectivity index (χ1) is 11.4. The molecule has 8 heteroatoms. The monoisotopic (exact) mass is 348 g/mol. The van der Waals surface area contributed by atoms with Crippen LogP contribution in [-0.4, -0.2) is 35.4 Å². The summed E-state index contributed by atoms with van der Waals surface area (Å²) in [5, 5.41) is 9.49. The maximum Gasteiger partial charge on any atom is 0.272 e. The molecule has 0 spiro atoms. The normalized spacial score (nSPS) is 14.6. The highest BCUT2D eigenvalue weighted by Gasteiger charge is 2.34. The van der Waals surface area contributed by atoms with Crippen molar-refractivity contribution in [3.8, 4) is 0 Å². The molecule has 2 heterocycles. The van der Waals surface area contributed by atoms with E-state index in [0.717, 1.165) is 11.1 Å². The molecule has 7 nitrogen and oxygen atoms in total. The van der Waals surface area contributed by atoms with Gasteiger partial charge in [0.2, 0.25) is 10.0 Å². The van der Waals surface area contributed by atoms with Crippen LogP contribution in [0.2, 0.25) is 0 Å². The van der Waals surface area contributed by atoms with Crippen molar-refractivity contribution < 1.29 is 13.2 Å². The molecule has 1 amide bonds. The van der Waals surface area contributed by atoms with E-state index in [1.54, 1.807) is 0 Å². The van der Waals surface area contributed by atoms with Gasteiger partial charge in [0.1, 0.15) is 0 Å². The molecular formula is C16H20N4O3S. The van der Waals surface area contributed by atoms with Crippen LogP contribution in [0.1, 0.15) is 39.8 Å². The maximum atomic E-state index is 12.7. The third kappa shape index (κ3) is 3.07. The highest BCUT2D eigenvalue weighted by molar-refractivity contribution is 7.88. The third-order valence-electron chi connectivity index (χ3n) is 4.17. The first-order valence-electron chi connectivity index (χ1n) is 7.79. The molecule has 0 radical (unpaired) electrons. The van der Waals surface area contributed by atoms with Crippen LogP contribution in [0.5, 0.6) is 0 Å². The number of carbonyl (C=O) groups excluding carboxylic acids is 1. The number of nitrogens with zero attached hydrogens (tertiary/aromatic N) is 2. The SMILES string of the molecule is CCNC(=O)c1n[nH]c2c1CN(S(=O)(=O)Cc1ccccc1C)C2. The zero-order chi connectivity index (χ0) is 17.3. The lowest BCUT2D eigenvalue weighted by molar-refractivity contribution is 0.0949. The van der Waals surface area contributed by atoms with Gasteiger partial charge in [-0.2, -0.15) is 9.40 Å². The molecule has 2 N–H and O–H groups in total. The van der Waals surface area contributed by atoms with Crippen LogP contribution >= 0.6 is 0 Å². The summed E-state index contributed by atoms with van der Waals surface area (Å²) in [5.41, 5.74) is 3.36. The van der Waals surface area contributed by atoms with Gasteiger partial charge in [0.15, 0.2) is 5.69 Å². The van der Waals surface area contributed by atoms with Gasteiger partial charge in [0.25, 0.3) is 5.91 Å². The van der Waals surface area contributed by atoms with E-state index in [1.165, 1.54) is 4.31 Å². The fourth-order valence-electron chi connectivity index (χ4n) is 2.80. The molecule has 1 aromatic carbocycles. The van der Waals surface area contributed by atoms with Crippen molar-refractivity contribution in [2.24, 2.45) is 0 Å². The Balaban J connectivity index is 1.80. The summed E-state index contributed by atoms with van der Waals surface area (Å²) in [6.07, 6.45) is 0. The number of amides is 1. The number of carbonyl (C=O) groups is 1. The topological polar surface area (TPSA) is 95.2 Å². The lowest BCUT2D eigenvalue weighted by atomic mass is 10.1. The summed E-state index contributed by atoms with van der Waals surface area (Å²) in [6, 6.07) is 7.44. The molecule has 24 heavy (non-hydrogen) atoms. The number of hydrogen-bond acceptors (Lipinski definition) is 4. The van der Waals surface area contributed by atoms with Gasteiger partial charge in [-0.3, -0.25) is 9.89 Å². The van der Waals surface area contributed by atoms with Crippen molar-refractivity contribution >= 4 is 15.9 Å². The zero-order valence-electron chi connectivity index (χ0n) is 13.7. The van der Waals surface area contributed by atoms with Gasteiger partial charge in [-0.25, -0.2) is 8.42 Å². The standard InChI is InChI=1S/C16H20N4O3S/c1-3-17-16(21)15-13-8-20(9-14(13)18-19-15)24(22,23)10-12-7-5-4-6-11(12)2/h4-7H,3,8-10H2,1-2H3,(H,17,21)(H,18,19). The van der Waals surface area contributed by atoms with Gasteiger partial charge in [0.05, 0.1) is 18.0 Å². The number of benzene rings is 1. The van der Waals surface area contributed by atoms with Crippen molar-refractivity contribution in [3.05, 3.63) is 52.3 Å². The van der Waals surface area contributed by atoms with E-state index >= 15 is 0 Å². The van der Waals surface area contributed by atoms with E-state index in [9.17, 15) is 13.2 Å². The van der Waals surface area contributed by atoms with E-state index in [4.69, 9.17) is 0 Å². The summed E-state index contributed by atoms with van der Waals surface area (Å²) in [7, 11) is -3.47. The molecule has 0 saturated carbocycles. The lowest BCUT2D eigenvalue weighted by Gasteiger charge is -2.16. The Hall–Kier alpha value is -2.19. The second-order valence-electron chi connectivity index (χ2n) is 5.84. The predicted molar refractivity (Wildman–Crippen MR) is 89.6 cm³/mol. The van der Waals surface area contributed by atoms with Gasteiger partial charge in [0, 0.05) is 18.7 Å². The summed E-state index contributed by atoms with van der Waals surface area (Å²) >= 11 is 0. The number of aryl methyl sites for hydroxylation is 1. The van der Waals surface area contributed by atoms with Crippen LogP contribution in [0.4, 0.5) is 0 Å². The average molecular weight is 348 g/mol. The van der Waals surface area contributed by atoms with Gasteiger partial charge in [-0.1, -0.05) is 24.3 Å².